The van der Waals surface area contributed by atoms with Crippen LogP contribution >= 0.6 is 22.7 Å². The molecule has 3 heteroatoms. The van der Waals surface area contributed by atoms with Crippen LogP contribution in [0.3, 0.4) is 0 Å². The summed E-state index contributed by atoms with van der Waals surface area (Å²) in [6.45, 7) is 0. The molecule has 45 heavy (non-hydrogen) atoms. The highest BCUT2D eigenvalue weighted by molar-refractivity contribution is 7.26. The van der Waals surface area contributed by atoms with E-state index in [0.717, 1.165) is 0 Å². The number of hydrogen-bond donors (Lipinski definition) is 0. The van der Waals surface area contributed by atoms with E-state index in [9.17, 15) is 0 Å². The molecule has 0 spiro atoms. The molecule has 0 radical (unpaired) electrons. The fourth-order valence-corrected chi connectivity index (χ4v) is 9.19. The van der Waals surface area contributed by atoms with Crippen LogP contribution in [0.5, 0.6) is 0 Å². The predicted octanol–water partition coefficient (Wildman–Crippen LogP) is 12.9. The molecule has 0 saturated carbocycles. The molecule has 210 valence electrons. The second kappa shape index (κ2) is 9.64. The van der Waals surface area contributed by atoms with Gasteiger partial charge >= 0.3 is 0 Å². The van der Waals surface area contributed by atoms with Gasteiger partial charge in [-0.25, -0.2) is 0 Å². The molecule has 3 aromatic heterocycles. The number of thiophene rings is 2. The van der Waals surface area contributed by atoms with E-state index in [1.807, 2.05) is 22.7 Å². The van der Waals surface area contributed by atoms with Crippen molar-refractivity contribution in [3.63, 3.8) is 0 Å². The molecule has 10 rings (SSSR count). The van der Waals surface area contributed by atoms with Gasteiger partial charge in [0, 0.05) is 56.8 Å². The Bertz CT molecular complexity index is 2710. The van der Waals surface area contributed by atoms with Gasteiger partial charge in [0.25, 0.3) is 0 Å². The summed E-state index contributed by atoms with van der Waals surface area (Å²) in [4.78, 5) is 0. The lowest BCUT2D eigenvalue weighted by atomic mass is 9.99. The maximum absolute atomic E-state index is 2.41. The summed E-state index contributed by atoms with van der Waals surface area (Å²) in [5.74, 6) is 0. The molecule has 0 aliphatic rings. The van der Waals surface area contributed by atoms with Crippen molar-refractivity contribution >= 4 is 84.8 Å². The topological polar surface area (TPSA) is 4.93 Å². The highest BCUT2D eigenvalue weighted by Gasteiger charge is 2.15. The van der Waals surface area contributed by atoms with Gasteiger partial charge in [0.15, 0.2) is 0 Å². The lowest BCUT2D eigenvalue weighted by molar-refractivity contribution is 1.19. The molecule has 0 aliphatic carbocycles. The molecular weight excluding hydrogens is 583 g/mol. The summed E-state index contributed by atoms with van der Waals surface area (Å²) in [5, 5.41) is 7.86. The average Bonchev–Trinajstić information content (AvgIpc) is 3.77. The molecule has 7 aromatic carbocycles. The lowest BCUT2D eigenvalue weighted by Crippen LogP contribution is -1.93. The van der Waals surface area contributed by atoms with Crippen LogP contribution in [0.15, 0.2) is 152 Å². The minimum absolute atomic E-state index is 1.20. The van der Waals surface area contributed by atoms with E-state index < -0.39 is 0 Å². The highest BCUT2D eigenvalue weighted by atomic mass is 32.1. The number of hydrogen-bond acceptors (Lipinski definition) is 2. The monoisotopic (exact) mass is 607 g/mol. The number of para-hydroxylation sites is 2. The Balaban J connectivity index is 1.14. The first-order valence-corrected chi connectivity index (χ1v) is 16.9. The van der Waals surface area contributed by atoms with Crippen LogP contribution in [0.4, 0.5) is 0 Å². The van der Waals surface area contributed by atoms with Crippen molar-refractivity contribution in [1.29, 1.82) is 0 Å². The number of nitrogens with zero attached hydrogens (tertiary/aromatic N) is 1. The van der Waals surface area contributed by atoms with E-state index in [0.29, 0.717) is 0 Å². The predicted molar refractivity (Wildman–Crippen MR) is 197 cm³/mol. The number of fused-ring (bicyclic) bond motifs is 9. The zero-order valence-electron chi connectivity index (χ0n) is 24.2. The smallest absolute Gasteiger partial charge is 0.0541 e. The molecule has 0 aliphatic heterocycles. The summed E-state index contributed by atoms with van der Waals surface area (Å²) in [6, 6.07) is 56.0. The van der Waals surface area contributed by atoms with Crippen molar-refractivity contribution in [1.82, 2.24) is 4.57 Å². The zero-order chi connectivity index (χ0) is 29.5. The van der Waals surface area contributed by atoms with E-state index in [4.69, 9.17) is 0 Å². The molecule has 10 aromatic rings. The van der Waals surface area contributed by atoms with Gasteiger partial charge in [0.05, 0.1) is 11.0 Å². The van der Waals surface area contributed by atoms with Gasteiger partial charge in [-0.15, -0.1) is 22.7 Å². The highest BCUT2D eigenvalue weighted by Crippen LogP contribution is 2.42. The molecule has 0 N–H and O–H groups in total. The van der Waals surface area contributed by atoms with Crippen LogP contribution in [0.25, 0.3) is 90.1 Å². The summed E-state index contributed by atoms with van der Waals surface area (Å²) in [5.41, 5.74) is 8.71. The van der Waals surface area contributed by atoms with Gasteiger partial charge in [0.2, 0.25) is 0 Å². The Morgan fingerprint density at radius 2 is 0.733 bits per heavy atom. The first kappa shape index (κ1) is 25.1. The minimum Gasteiger partial charge on any atom is -0.309 e. The summed E-state index contributed by atoms with van der Waals surface area (Å²) in [6.07, 6.45) is 0. The van der Waals surface area contributed by atoms with Crippen molar-refractivity contribution in [3.8, 4) is 27.9 Å². The van der Waals surface area contributed by atoms with Gasteiger partial charge in [0.1, 0.15) is 0 Å². The van der Waals surface area contributed by atoms with Gasteiger partial charge in [-0.3, -0.25) is 0 Å². The Morgan fingerprint density at radius 3 is 1.27 bits per heavy atom. The van der Waals surface area contributed by atoms with E-state index in [-0.39, 0.29) is 0 Å². The Hall–Kier alpha value is -5.22. The molecule has 0 amide bonds. The van der Waals surface area contributed by atoms with Crippen LogP contribution in [0.1, 0.15) is 0 Å². The van der Waals surface area contributed by atoms with Crippen molar-refractivity contribution in [2.24, 2.45) is 0 Å². The van der Waals surface area contributed by atoms with Crippen LogP contribution in [0.2, 0.25) is 0 Å². The van der Waals surface area contributed by atoms with E-state index in [1.54, 1.807) is 0 Å². The number of benzene rings is 7. The number of rotatable bonds is 3. The van der Waals surface area contributed by atoms with Crippen molar-refractivity contribution in [2.45, 2.75) is 0 Å². The van der Waals surface area contributed by atoms with Gasteiger partial charge in [-0.1, -0.05) is 84.9 Å². The van der Waals surface area contributed by atoms with Crippen molar-refractivity contribution in [2.75, 3.05) is 0 Å². The minimum atomic E-state index is 1.20. The van der Waals surface area contributed by atoms with E-state index in [2.05, 4.69) is 156 Å². The average molecular weight is 608 g/mol. The van der Waals surface area contributed by atoms with E-state index >= 15 is 0 Å². The van der Waals surface area contributed by atoms with Gasteiger partial charge < -0.3 is 4.57 Å². The van der Waals surface area contributed by atoms with Gasteiger partial charge in [-0.05, 0) is 89.0 Å². The summed E-state index contributed by atoms with van der Waals surface area (Å²) >= 11 is 3.75. The summed E-state index contributed by atoms with van der Waals surface area (Å²) < 4.78 is 7.72. The lowest BCUT2D eigenvalue weighted by Gasteiger charge is -2.08. The molecule has 3 heterocycles. The fraction of sp³-hybridized carbons (Fsp3) is 0. The Kier molecular flexibility index (Phi) is 5.39. The largest absolute Gasteiger partial charge is 0.309 e. The Morgan fingerprint density at radius 1 is 0.311 bits per heavy atom. The normalized spacial score (nSPS) is 12.0. The van der Waals surface area contributed by atoms with Crippen molar-refractivity contribution < 1.29 is 0 Å². The zero-order valence-corrected chi connectivity index (χ0v) is 25.8. The molecular formula is C42H25NS2. The van der Waals surface area contributed by atoms with E-state index in [1.165, 1.54) is 90.1 Å². The first-order chi connectivity index (χ1) is 22.3. The quantitative estimate of drug-likeness (QED) is 0.188. The molecule has 0 saturated heterocycles. The standard InChI is InChI=1S/C42H25NS2/c1-2-8-26(9-3-1)27-14-18-39-33(22-27)34-23-28(15-19-40(34)44-39)29-16-20-41-35(24-29)36-25-30(17-21-42(36)45-41)43-37-12-6-4-10-31(37)32-11-5-7-13-38(32)43/h1-25H. The SMILES string of the molecule is c1ccc(-c2ccc3sc4ccc(-c5ccc6sc7ccc(-n8c9ccccc9c9ccccc98)cc7c6c5)cc4c3c2)cc1. The molecule has 1 nitrogen and oxygen atoms in total. The third-order valence-corrected chi connectivity index (χ3v) is 11.5. The molecule has 0 bridgehead atoms. The second-order valence-corrected chi connectivity index (χ2v) is 13.9. The van der Waals surface area contributed by atoms with Crippen LogP contribution in [-0.2, 0) is 0 Å². The fourth-order valence-electron chi connectivity index (χ4n) is 7.05. The maximum Gasteiger partial charge on any atom is 0.0541 e. The number of aromatic nitrogens is 1. The second-order valence-electron chi connectivity index (χ2n) is 11.8. The van der Waals surface area contributed by atoms with Crippen molar-refractivity contribution in [3.05, 3.63) is 152 Å². The molecule has 0 fully saturated rings. The van der Waals surface area contributed by atoms with Crippen LogP contribution in [-0.4, -0.2) is 4.57 Å². The third kappa shape index (κ3) is 3.85. The maximum atomic E-state index is 2.41. The molecule has 0 unspecified atom stereocenters. The van der Waals surface area contributed by atoms with Gasteiger partial charge in [-0.2, -0.15) is 0 Å². The first-order valence-electron chi connectivity index (χ1n) is 15.3. The molecule has 0 atom stereocenters. The third-order valence-electron chi connectivity index (χ3n) is 9.20. The van der Waals surface area contributed by atoms with Crippen LogP contribution < -0.4 is 0 Å². The summed E-state index contributed by atoms with van der Waals surface area (Å²) in [7, 11) is 0. The van der Waals surface area contributed by atoms with Crippen LogP contribution in [0, 0.1) is 0 Å². The Labute approximate surface area is 267 Å².